The van der Waals surface area contributed by atoms with Crippen LogP contribution in [0.4, 0.5) is 10.7 Å². The summed E-state index contributed by atoms with van der Waals surface area (Å²) in [6.45, 7) is 3.75. The molecule has 1 aromatic carbocycles. The number of nitro benzene ring substituents is 1. The van der Waals surface area contributed by atoms with E-state index in [2.05, 4.69) is 17.6 Å². The lowest BCUT2D eigenvalue weighted by atomic mass is 9.88. The number of nitrogens with two attached hydrogens (primary N) is 1. The highest BCUT2D eigenvalue weighted by Crippen LogP contribution is 2.39. The fraction of sp³-hybridized carbons (Fsp3) is 0.316. The van der Waals surface area contributed by atoms with Crippen molar-refractivity contribution >= 4 is 51.2 Å². The number of hydrogen-bond acceptors (Lipinski definition) is 6. The molecule has 1 aliphatic rings. The molecule has 2 amide bonds. The Labute approximate surface area is 176 Å². The van der Waals surface area contributed by atoms with Crippen molar-refractivity contribution in [3.05, 3.63) is 55.4 Å². The predicted octanol–water partition coefficient (Wildman–Crippen LogP) is 3.32. The van der Waals surface area contributed by atoms with Crippen LogP contribution in [0.3, 0.4) is 0 Å². The summed E-state index contributed by atoms with van der Waals surface area (Å²) in [7, 11) is 0. The van der Waals surface area contributed by atoms with Crippen molar-refractivity contribution in [1.29, 1.82) is 0 Å². The number of thiocarbonyl (C=S) groups is 1. The van der Waals surface area contributed by atoms with E-state index in [1.165, 1.54) is 29.5 Å². The second-order valence-corrected chi connectivity index (χ2v) is 8.60. The second-order valence-electron chi connectivity index (χ2n) is 7.09. The molecular weight excluding hydrogens is 412 g/mol. The van der Waals surface area contributed by atoms with Crippen LogP contribution in [0.1, 0.15) is 50.1 Å². The van der Waals surface area contributed by atoms with Gasteiger partial charge >= 0.3 is 0 Å². The maximum absolute atomic E-state index is 12.4. The van der Waals surface area contributed by atoms with Gasteiger partial charge in [0.15, 0.2) is 5.11 Å². The van der Waals surface area contributed by atoms with Crippen LogP contribution in [0.5, 0.6) is 0 Å². The van der Waals surface area contributed by atoms with E-state index in [0.29, 0.717) is 22.0 Å². The Morgan fingerprint density at radius 2 is 2.10 bits per heavy atom. The molecule has 0 radical (unpaired) electrons. The molecule has 2 aromatic rings. The number of aryl methyl sites for hydroxylation is 1. The normalized spacial score (nSPS) is 15.3. The fourth-order valence-corrected chi connectivity index (χ4v) is 5.04. The van der Waals surface area contributed by atoms with Crippen LogP contribution >= 0.6 is 23.6 Å². The van der Waals surface area contributed by atoms with Gasteiger partial charge in [-0.1, -0.05) is 13.0 Å². The molecule has 1 atom stereocenters. The van der Waals surface area contributed by atoms with Gasteiger partial charge in [0.2, 0.25) is 0 Å². The van der Waals surface area contributed by atoms with E-state index < -0.39 is 16.7 Å². The van der Waals surface area contributed by atoms with Gasteiger partial charge in [-0.05, 0) is 56.0 Å². The highest BCUT2D eigenvalue weighted by molar-refractivity contribution is 7.80. The van der Waals surface area contributed by atoms with E-state index in [1.807, 2.05) is 0 Å². The number of nitro groups is 1. The predicted molar refractivity (Wildman–Crippen MR) is 116 cm³/mol. The molecule has 0 saturated carbocycles. The number of hydrogen-bond donors (Lipinski definition) is 3. The number of nitrogens with one attached hydrogen (secondary N) is 2. The van der Waals surface area contributed by atoms with Crippen LogP contribution < -0.4 is 16.4 Å². The Balaban J connectivity index is 1.78. The van der Waals surface area contributed by atoms with Gasteiger partial charge in [-0.15, -0.1) is 11.3 Å². The minimum absolute atomic E-state index is 0.00706. The molecule has 1 heterocycles. The van der Waals surface area contributed by atoms with E-state index in [0.717, 1.165) is 29.7 Å². The van der Waals surface area contributed by atoms with E-state index in [1.54, 1.807) is 6.92 Å². The molecule has 3 rings (SSSR count). The van der Waals surface area contributed by atoms with Crippen LogP contribution in [0, 0.1) is 23.0 Å². The third-order valence-electron chi connectivity index (χ3n) is 4.88. The van der Waals surface area contributed by atoms with E-state index in [9.17, 15) is 19.7 Å². The van der Waals surface area contributed by atoms with Crippen molar-refractivity contribution in [2.75, 3.05) is 5.32 Å². The number of nitrogens with zero attached hydrogens (tertiary/aromatic N) is 1. The minimum atomic E-state index is -0.582. The largest absolute Gasteiger partial charge is 0.365 e. The number of carbonyl (C=O) groups excluding carboxylic acids is 2. The topological polar surface area (TPSA) is 127 Å². The lowest BCUT2D eigenvalue weighted by Gasteiger charge is -2.18. The summed E-state index contributed by atoms with van der Waals surface area (Å²) >= 11 is 6.62. The van der Waals surface area contributed by atoms with Gasteiger partial charge in [0.25, 0.3) is 17.5 Å². The Kier molecular flexibility index (Phi) is 5.94. The van der Waals surface area contributed by atoms with Gasteiger partial charge in [-0.25, -0.2) is 0 Å². The number of amides is 2. The summed E-state index contributed by atoms with van der Waals surface area (Å²) in [6, 6.07) is 4.19. The first-order chi connectivity index (χ1) is 13.7. The molecule has 0 unspecified atom stereocenters. The lowest BCUT2D eigenvalue weighted by Crippen LogP contribution is -2.34. The number of fused-ring (bicyclic) bond motifs is 1. The van der Waals surface area contributed by atoms with Crippen LogP contribution in [-0.4, -0.2) is 21.9 Å². The highest BCUT2D eigenvalue weighted by atomic mass is 32.1. The van der Waals surface area contributed by atoms with E-state index >= 15 is 0 Å². The zero-order valence-electron chi connectivity index (χ0n) is 15.9. The molecule has 1 aliphatic carbocycles. The molecule has 0 aliphatic heterocycles. The molecule has 0 saturated heterocycles. The van der Waals surface area contributed by atoms with Crippen molar-refractivity contribution in [2.45, 2.75) is 33.1 Å². The summed E-state index contributed by atoms with van der Waals surface area (Å²) in [4.78, 5) is 36.1. The molecule has 29 heavy (non-hydrogen) atoms. The average molecular weight is 433 g/mol. The summed E-state index contributed by atoms with van der Waals surface area (Å²) in [6.07, 6.45) is 2.63. The Morgan fingerprint density at radius 1 is 1.38 bits per heavy atom. The van der Waals surface area contributed by atoms with Crippen molar-refractivity contribution in [3.63, 3.8) is 0 Å². The number of rotatable bonds is 4. The highest BCUT2D eigenvalue weighted by Gasteiger charge is 2.27. The number of carbonyl (C=O) groups is 2. The smallest absolute Gasteiger partial charge is 0.273 e. The maximum atomic E-state index is 12.4. The van der Waals surface area contributed by atoms with Gasteiger partial charge in [-0.3, -0.25) is 25.0 Å². The number of benzene rings is 1. The van der Waals surface area contributed by atoms with Crippen molar-refractivity contribution in [3.8, 4) is 0 Å². The molecule has 0 spiro atoms. The third kappa shape index (κ3) is 4.43. The Morgan fingerprint density at radius 3 is 2.76 bits per heavy atom. The fourth-order valence-electron chi connectivity index (χ4n) is 3.36. The maximum Gasteiger partial charge on any atom is 0.273 e. The number of primary amides is 1. The van der Waals surface area contributed by atoms with Crippen molar-refractivity contribution in [1.82, 2.24) is 5.32 Å². The number of thiophene rings is 1. The quantitative estimate of drug-likeness (QED) is 0.386. The Bertz CT molecular complexity index is 1030. The van der Waals surface area contributed by atoms with Crippen LogP contribution in [0.2, 0.25) is 0 Å². The van der Waals surface area contributed by atoms with Crippen molar-refractivity contribution in [2.24, 2.45) is 11.7 Å². The zero-order chi connectivity index (χ0) is 21.3. The van der Waals surface area contributed by atoms with Gasteiger partial charge in [0.05, 0.1) is 10.5 Å². The van der Waals surface area contributed by atoms with Gasteiger partial charge in [-0.2, -0.15) is 0 Å². The van der Waals surface area contributed by atoms with E-state index in [-0.39, 0.29) is 16.4 Å². The average Bonchev–Trinajstić information content (AvgIpc) is 2.98. The second kappa shape index (κ2) is 8.26. The van der Waals surface area contributed by atoms with E-state index in [4.69, 9.17) is 18.0 Å². The first-order valence-electron chi connectivity index (χ1n) is 8.99. The minimum Gasteiger partial charge on any atom is -0.365 e. The van der Waals surface area contributed by atoms with Gasteiger partial charge in [0, 0.05) is 22.1 Å². The first kappa shape index (κ1) is 20.9. The molecule has 0 bridgehead atoms. The summed E-state index contributed by atoms with van der Waals surface area (Å²) in [5.74, 6) is -0.595. The molecule has 8 nitrogen and oxygen atoms in total. The van der Waals surface area contributed by atoms with Crippen molar-refractivity contribution < 1.29 is 14.5 Å². The van der Waals surface area contributed by atoms with Gasteiger partial charge in [0.1, 0.15) is 5.00 Å². The number of anilines is 1. The summed E-state index contributed by atoms with van der Waals surface area (Å²) in [5.41, 5.74) is 7.37. The SMILES string of the molecule is Cc1ccc(C(=O)NC(=S)Nc2sc3c(c2C(N)=O)CC[C@H](C)C3)cc1[N+](=O)[O-]. The molecule has 1 aromatic heterocycles. The first-order valence-corrected chi connectivity index (χ1v) is 10.2. The van der Waals surface area contributed by atoms with Crippen LogP contribution in [-0.2, 0) is 12.8 Å². The molecule has 0 fully saturated rings. The van der Waals surface area contributed by atoms with Crippen LogP contribution in [0.25, 0.3) is 0 Å². The summed E-state index contributed by atoms with van der Waals surface area (Å²) in [5, 5.41) is 17.0. The van der Waals surface area contributed by atoms with Crippen LogP contribution in [0.15, 0.2) is 18.2 Å². The Hall–Kier alpha value is -2.85. The standard InChI is InChI=1S/C19H20N4O4S2/c1-9-3-6-12-14(7-9)29-18(15(12)16(20)24)22-19(28)21-17(25)11-5-4-10(2)13(8-11)23(26)27/h4-5,8-9H,3,6-7H2,1-2H3,(H2,20,24)(H2,21,22,25,28)/t9-/m0/s1. The monoisotopic (exact) mass is 432 g/mol. The lowest BCUT2D eigenvalue weighted by molar-refractivity contribution is -0.385. The molecule has 4 N–H and O–H groups in total. The molecule has 152 valence electrons. The molecule has 10 heteroatoms. The third-order valence-corrected chi connectivity index (χ3v) is 6.25. The van der Waals surface area contributed by atoms with Gasteiger partial charge < -0.3 is 11.1 Å². The molecular formula is C19H20N4O4S2. The summed E-state index contributed by atoms with van der Waals surface area (Å²) < 4.78 is 0. The zero-order valence-corrected chi connectivity index (χ0v) is 17.5.